The summed E-state index contributed by atoms with van der Waals surface area (Å²) in [6.07, 6.45) is 0. The molecule has 1 aliphatic rings. The number of ether oxygens (including phenoxy) is 2. The van der Waals surface area contributed by atoms with Gasteiger partial charge in [-0.05, 0) is 0 Å². The lowest BCUT2D eigenvalue weighted by Gasteiger charge is -2.20. The molecule has 0 aromatic heterocycles. The van der Waals surface area contributed by atoms with Crippen LogP contribution in [0.1, 0.15) is 5.56 Å². The Balaban J connectivity index is 2.60. The SMILES string of the molecule is Fc1cc2c(c(CBr)c1F)OCCO2. The van der Waals surface area contributed by atoms with Crippen LogP contribution < -0.4 is 9.47 Å². The first-order valence-electron chi connectivity index (χ1n) is 4.06. The molecule has 0 fully saturated rings. The number of hydrogen-bond donors (Lipinski definition) is 0. The minimum atomic E-state index is -0.913. The molecule has 0 saturated carbocycles. The molecule has 0 atom stereocenters. The minimum absolute atomic E-state index is 0.166. The summed E-state index contributed by atoms with van der Waals surface area (Å²) in [7, 11) is 0. The molecule has 2 rings (SSSR count). The molecule has 76 valence electrons. The second-order valence-electron chi connectivity index (χ2n) is 2.81. The van der Waals surface area contributed by atoms with Crippen molar-refractivity contribution in [1.82, 2.24) is 0 Å². The zero-order chi connectivity index (χ0) is 10.1. The maximum atomic E-state index is 13.2. The van der Waals surface area contributed by atoms with E-state index in [1.165, 1.54) is 0 Å². The third-order valence-corrected chi connectivity index (χ3v) is 2.51. The van der Waals surface area contributed by atoms with E-state index in [1.807, 2.05) is 0 Å². The Hall–Kier alpha value is -0.840. The quantitative estimate of drug-likeness (QED) is 0.727. The minimum Gasteiger partial charge on any atom is -0.486 e. The standard InChI is InChI=1S/C9H7BrF2O2/c10-4-5-8(12)6(11)3-7-9(5)14-2-1-13-7/h3H,1-2,4H2. The molecule has 0 aliphatic carbocycles. The molecule has 0 N–H and O–H groups in total. The van der Waals surface area contributed by atoms with E-state index in [4.69, 9.17) is 9.47 Å². The van der Waals surface area contributed by atoms with Crippen LogP contribution in [-0.2, 0) is 5.33 Å². The first-order chi connectivity index (χ1) is 6.74. The van der Waals surface area contributed by atoms with Gasteiger partial charge in [0, 0.05) is 17.0 Å². The van der Waals surface area contributed by atoms with Crippen LogP contribution in [0, 0.1) is 11.6 Å². The molecule has 1 heterocycles. The summed E-state index contributed by atoms with van der Waals surface area (Å²) in [5.74, 6) is -1.23. The molecule has 1 aromatic carbocycles. The highest BCUT2D eigenvalue weighted by molar-refractivity contribution is 9.08. The number of fused-ring (bicyclic) bond motifs is 1. The van der Waals surface area contributed by atoms with E-state index in [0.717, 1.165) is 6.07 Å². The van der Waals surface area contributed by atoms with Gasteiger partial charge in [-0.2, -0.15) is 0 Å². The molecule has 2 nitrogen and oxygen atoms in total. The number of halogens is 3. The monoisotopic (exact) mass is 264 g/mol. The summed E-state index contributed by atoms with van der Waals surface area (Å²) >= 11 is 3.08. The Bertz CT molecular complexity index is 368. The van der Waals surface area contributed by atoms with Crippen LogP contribution in [0.15, 0.2) is 6.07 Å². The Morgan fingerprint density at radius 3 is 2.71 bits per heavy atom. The van der Waals surface area contributed by atoms with Crippen LogP contribution in [-0.4, -0.2) is 13.2 Å². The predicted octanol–water partition coefficient (Wildman–Crippen LogP) is 2.63. The average Bonchev–Trinajstić information content (AvgIpc) is 2.20. The van der Waals surface area contributed by atoms with Gasteiger partial charge in [-0.25, -0.2) is 8.78 Å². The fourth-order valence-corrected chi connectivity index (χ4v) is 1.82. The lowest BCUT2D eigenvalue weighted by atomic mass is 10.2. The average molecular weight is 265 g/mol. The summed E-state index contributed by atoms with van der Waals surface area (Å²) in [4.78, 5) is 0. The maximum Gasteiger partial charge on any atom is 0.168 e. The number of benzene rings is 1. The van der Waals surface area contributed by atoms with Crippen molar-refractivity contribution in [1.29, 1.82) is 0 Å². The Morgan fingerprint density at radius 2 is 2.00 bits per heavy atom. The molecular weight excluding hydrogens is 258 g/mol. The molecule has 1 aliphatic heterocycles. The van der Waals surface area contributed by atoms with E-state index in [-0.39, 0.29) is 16.6 Å². The van der Waals surface area contributed by atoms with E-state index in [0.29, 0.717) is 19.0 Å². The van der Waals surface area contributed by atoms with E-state index >= 15 is 0 Å². The third-order valence-electron chi connectivity index (χ3n) is 1.95. The second kappa shape index (κ2) is 3.73. The number of rotatable bonds is 1. The lowest BCUT2D eigenvalue weighted by Crippen LogP contribution is -2.17. The van der Waals surface area contributed by atoms with Crippen molar-refractivity contribution < 1.29 is 18.3 Å². The van der Waals surface area contributed by atoms with Crippen LogP contribution in [0.4, 0.5) is 8.78 Å². The van der Waals surface area contributed by atoms with Crippen molar-refractivity contribution in [3.63, 3.8) is 0 Å². The van der Waals surface area contributed by atoms with Gasteiger partial charge in [0.05, 0.1) is 0 Å². The molecular formula is C9H7BrF2O2. The van der Waals surface area contributed by atoms with Gasteiger partial charge in [-0.1, -0.05) is 15.9 Å². The number of hydrogen-bond acceptors (Lipinski definition) is 2. The van der Waals surface area contributed by atoms with Crippen LogP contribution >= 0.6 is 15.9 Å². The molecule has 0 saturated heterocycles. The van der Waals surface area contributed by atoms with Crippen molar-refractivity contribution in [2.24, 2.45) is 0 Å². The summed E-state index contributed by atoms with van der Waals surface area (Å²) in [6, 6.07) is 1.01. The lowest BCUT2D eigenvalue weighted by molar-refractivity contribution is 0.168. The van der Waals surface area contributed by atoms with E-state index in [9.17, 15) is 8.78 Å². The maximum absolute atomic E-state index is 13.2. The highest BCUT2D eigenvalue weighted by Crippen LogP contribution is 2.37. The van der Waals surface area contributed by atoms with Gasteiger partial charge in [0.25, 0.3) is 0 Å². The summed E-state index contributed by atoms with van der Waals surface area (Å²) in [5, 5.41) is 0.197. The molecule has 0 unspecified atom stereocenters. The van der Waals surface area contributed by atoms with Crippen molar-refractivity contribution in [3.05, 3.63) is 23.3 Å². The zero-order valence-electron chi connectivity index (χ0n) is 7.15. The molecule has 0 bridgehead atoms. The van der Waals surface area contributed by atoms with E-state index in [2.05, 4.69) is 15.9 Å². The van der Waals surface area contributed by atoms with Crippen LogP contribution in [0.5, 0.6) is 11.5 Å². The summed E-state index contributed by atoms with van der Waals surface area (Å²) in [6.45, 7) is 0.720. The largest absolute Gasteiger partial charge is 0.486 e. The highest BCUT2D eigenvalue weighted by atomic mass is 79.9. The normalized spacial score (nSPS) is 14.2. The van der Waals surface area contributed by atoms with Crippen molar-refractivity contribution >= 4 is 15.9 Å². The fourth-order valence-electron chi connectivity index (χ4n) is 1.32. The Labute approximate surface area is 87.9 Å². The predicted molar refractivity (Wildman–Crippen MR) is 50.0 cm³/mol. The van der Waals surface area contributed by atoms with E-state index < -0.39 is 11.6 Å². The Morgan fingerprint density at radius 1 is 1.29 bits per heavy atom. The molecule has 0 amide bonds. The molecule has 5 heteroatoms. The highest BCUT2D eigenvalue weighted by Gasteiger charge is 2.22. The van der Waals surface area contributed by atoms with Crippen molar-refractivity contribution in [3.8, 4) is 11.5 Å². The molecule has 14 heavy (non-hydrogen) atoms. The fraction of sp³-hybridized carbons (Fsp3) is 0.333. The van der Waals surface area contributed by atoms with Gasteiger partial charge < -0.3 is 9.47 Å². The number of alkyl halides is 1. The first-order valence-corrected chi connectivity index (χ1v) is 5.18. The first kappa shape index (κ1) is 9.71. The molecule has 0 spiro atoms. The zero-order valence-corrected chi connectivity index (χ0v) is 8.74. The van der Waals surface area contributed by atoms with Crippen molar-refractivity contribution in [2.45, 2.75) is 5.33 Å². The summed E-state index contributed by atoms with van der Waals surface area (Å²) < 4.78 is 36.6. The van der Waals surface area contributed by atoms with Crippen LogP contribution in [0.3, 0.4) is 0 Å². The van der Waals surface area contributed by atoms with Gasteiger partial charge in [-0.15, -0.1) is 0 Å². The summed E-state index contributed by atoms with van der Waals surface area (Å²) in [5.41, 5.74) is 0.166. The van der Waals surface area contributed by atoms with E-state index in [1.54, 1.807) is 0 Å². The van der Waals surface area contributed by atoms with Gasteiger partial charge in [0.2, 0.25) is 0 Å². The molecule has 0 radical (unpaired) electrons. The van der Waals surface area contributed by atoms with Gasteiger partial charge in [0.1, 0.15) is 13.2 Å². The van der Waals surface area contributed by atoms with Crippen molar-refractivity contribution in [2.75, 3.05) is 13.2 Å². The smallest absolute Gasteiger partial charge is 0.168 e. The topological polar surface area (TPSA) is 18.5 Å². The van der Waals surface area contributed by atoms with Crippen LogP contribution in [0.25, 0.3) is 0 Å². The van der Waals surface area contributed by atoms with Gasteiger partial charge in [0.15, 0.2) is 23.1 Å². The van der Waals surface area contributed by atoms with Gasteiger partial charge in [-0.3, -0.25) is 0 Å². The second-order valence-corrected chi connectivity index (χ2v) is 3.37. The third kappa shape index (κ3) is 1.45. The Kier molecular flexibility index (Phi) is 2.58. The van der Waals surface area contributed by atoms with Crippen LogP contribution in [0.2, 0.25) is 0 Å². The molecule has 1 aromatic rings. The van der Waals surface area contributed by atoms with Gasteiger partial charge >= 0.3 is 0 Å².